The minimum absolute atomic E-state index is 0. The van der Waals surface area contributed by atoms with Gasteiger partial charge in [-0.25, -0.2) is 0 Å². The van der Waals surface area contributed by atoms with Crippen LogP contribution in [0, 0.1) is 0 Å². The van der Waals surface area contributed by atoms with Gasteiger partial charge in [-0.2, -0.15) is 0 Å². The average molecular weight is 454 g/mol. The second-order valence-corrected chi connectivity index (χ2v) is 7.04. The maximum absolute atomic E-state index is 11.2. The molecule has 0 spiro atoms. The van der Waals surface area contributed by atoms with E-state index < -0.39 is 0 Å². The molecule has 0 atom stereocenters. The van der Waals surface area contributed by atoms with Gasteiger partial charge in [0.2, 0.25) is 0 Å². The number of fused-ring (bicyclic) bond motifs is 6. The maximum atomic E-state index is 11.2. The Bertz CT molecular complexity index is 1420. The Balaban J connectivity index is 0.000000144. The molecule has 2 heterocycles. The first-order valence-corrected chi connectivity index (χ1v) is 9.58. The first-order chi connectivity index (χ1) is 14.7. The van der Waals surface area contributed by atoms with Crippen LogP contribution < -0.4 is 10.2 Å². The quantitative estimate of drug-likeness (QED) is 0.242. The van der Waals surface area contributed by atoms with Crippen molar-refractivity contribution in [2.75, 3.05) is 0 Å². The van der Waals surface area contributed by atoms with E-state index in [9.17, 15) is 10.2 Å². The topological polar surface area (TPSA) is 71.9 Å². The fraction of sp³-hybridized carbons (Fsp3) is 0. The summed E-state index contributed by atoms with van der Waals surface area (Å²) in [5, 5.41) is 28.7. The van der Waals surface area contributed by atoms with Gasteiger partial charge in [-0.15, -0.1) is 11.5 Å². The van der Waals surface area contributed by atoms with Gasteiger partial charge in [0.15, 0.2) is 0 Å². The molecule has 2 aromatic heterocycles. The van der Waals surface area contributed by atoms with E-state index in [-0.39, 0.29) is 31.0 Å². The van der Waals surface area contributed by atoms with E-state index in [1.165, 1.54) is 0 Å². The van der Waals surface area contributed by atoms with Gasteiger partial charge in [0.1, 0.15) is 0 Å². The third kappa shape index (κ3) is 4.05. The standard InChI is InChI=1S/2C13H9NO.Zn/c2*15-10-4-5-11-9(8-10)3-6-13-12(11)2-1-7-14-13;/h2*1-8,15H;/q;;+2/p-2. The van der Waals surface area contributed by atoms with Gasteiger partial charge in [0.05, 0.1) is 11.0 Å². The van der Waals surface area contributed by atoms with Crippen molar-refractivity contribution in [2.45, 2.75) is 0 Å². The first-order valence-electron chi connectivity index (χ1n) is 9.58. The minimum atomic E-state index is 0. The summed E-state index contributed by atoms with van der Waals surface area (Å²) in [6, 6.07) is 25.8. The Kier molecular flexibility index (Phi) is 5.79. The molecule has 0 aliphatic heterocycles. The van der Waals surface area contributed by atoms with Gasteiger partial charge >= 0.3 is 19.5 Å². The normalized spacial score (nSPS) is 10.6. The molecule has 0 amide bonds. The van der Waals surface area contributed by atoms with Crippen LogP contribution in [0.2, 0.25) is 0 Å². The van der Waals surface area contributed by atoms with Gasteiger partial charge in [-0.1, -0.05) is 60.7 Å². The van der Waals surface area contributed by atoms with Crippen LogP contribution in [0.4, 0.5) is 0 Å². The van der Waals surface area contributed by atoms with Crippen molar-refractivity contribution in [1.82, 2.24) is 9.97 Å². The summed E-state index contributed by atoms with van der Waals surface area (Å²) in [7, 11) is 0. The van der Waals surface area contributed by atoms with Crippen LogP contribution in [-0.2, 0) is 19.5 Å². The number of hydrogen-bond acceptors (Lipinski definition) is 4. The third-order valence-corrected chi connectivity index (χ3v) is 5.14. The molecule has 0 fully saturated rings. The molecular weight excluding hydrogens is 438 g/mol. The van der Waals surface area contributed by atoms with Crippen molar-refractivity contribution in [3.8, 4) is 11.5 Å². The van der Waals surface area contributed by atoms with Crippen LogP contribution in [0.25, 0.3) is 43.4 Å². The van der Waals surface area contributed by atoms with Gasteiger partial charge in [-0.05, 0) is 45.8 Å². The summed E-state index contributed by atoms with van der Waals surface area (Å²) < 4.78 is 0. The first kappa shape index (κ1) is 20.7. The Hall–Kier alpha value is -3.56. The number of hydrogen-bond donors (Lipinski definition) is 0. The zero-order chi connectivity index (χ0) is 20.5. The molecule has 144 valence electrons. The van der Waals surface area contributed by atoms with Crippen molar-refractivity contribution in [2.24, 2.45) is 0 Å². The van der Waals surface area contributed by atoms with Crippen LogP contribution >= 0.6 is 0 Å². The van der Waals surface area contributed by atoms with Crippen molar-refractivity contribution in [3.63, 3.8) is 0 Å². The second-order valence-electron chi connectivity index (χ2n) is 7.04. The van der Waals surface area contributed by atoms with Gasteiger partial charge in [0, 0.05) is 23.2 Å². The monoisotopic (exact) mass is 452 g/mol. The molecule has 0 N–H and O–H groups in total. The molecule has 31 heavy (non-hydrogen) atoms. The molecule has 0 bridgehead atoms. The van der Waals surface area contributed by atoms with Crippen LogP contribution in [0.15, 0.2) is 97.3 Å². The van der Waals surface area contributed by atoms with E-state index in [1.807, 2.05) is 60.7 Å². The molecule has 0 saturated carbocycles. The van der Waals surface area contributed by atoms with Gasteiger partial charge in [-0.3, -0.25) is 9.97 Å². The molecular formula is C26H16N2O2Zn. The summed E-state index contributed by atoms with van der Waals surface area (Å²) in [5.74, 6) is 0.0940. The zero-order valence-electron chi connectivity index (χ0n) is 16.7. The molecule has 6 rings (SSSR count). The average Bonchev–Trinajstić information content (AvgIpc) is 2.79. The fourth-order valence-corrected chi connectivity index (χ4v) is 3.74. The smallest absolute Gasteiger partial charge is 0.872 e. The van der Waals surface area contributed by atoms with Crippen LogP contribution in [-0.4, -0.2) is 9.97 Å². The fourth-order valence-electron chi connectivity index (χ4n) is 3.74. The van der Waals surface area contributed by atoms with E-state index in [2.05, 4.69) is 9.97 Å². The van der Waals surface area contributed by atoms with Gasteiger partial charge in [0.25, 0.3) is 0 Å². The van der Waals surface area contributed by atoms with E-state index in [0.29, 0.717) is 0 Å². The molecule has 6 aromatic rings. The summed E-state index contributed by atoms with van der Waals surface area (Å²) in [6.07, 6.45) is 3.55. The van der Waals surface area contributed by atoms with E-state index in [1.54, 1.807) is 36.7 Å². The van der Waals surface area contributed by atoms with Crippen molar-refractivity contribution in [3.05, 3.63) is 97.3 Å². The Morgan fingerprint density at radius 2 is 0.935 bits per heavy atom. The largest absolute Gasteiger partial charge is 2.00 e. The number of benzene rings is 4. The molecule has 4 nitrogen and oxygen atoms in total. The maximum Gasteiger partial charge on any atom is 2.00 e. The number of pyridine rings is 2. The summed E-state index contributed by atoms with van der Waals surface area (Å²) in [4.78, 5) is 8.55. The summed E-state index contributed by atoms with van der Waals surface area (Å²) in [5.41, 5.74) is 1.92. The minimum Gasteiger partial charge on any atom is -0.872 e. The summed E-state index contributed by atoms with van der Waals surface area (Å²) in [6.45, 7) is 0. The van der Waals surface area contributed by atoms with E-state index in [0.717, 1.165) is 43.4 Å². The SMILES string of the molecule is [O-]c1ccc2c(ccc3ncccc32)c1.[O-]c1ccc2c(ccc3ncccc32)c1.[Zn+2]. The van der Waals surface area contributed by atoms with Crippen molar-refractivity contribution < 1.29 is 29.7 Å². The van der Waals surface area contributed by atoms with Gasteiger partial charge < -0.3 is 10.2 Å². The number of nitrogens with zero attached hydrogens (tertiary/aromatic N) is 2. The third-order valence-electron chi connectivity index (χ3n) is 5.14. The number of rotatable bonds is 0. The molecule has 0 aliphatic rings. The Morgan fingerprint density at radius 1 is 0.484 bits per heavy atom. The predicted molar refractivity (Wildman–Crippen MR) is 117 cm³/mol. The molecule has 0 radical (unpaired) electrons. The number of aromatic nitrogens is 2. The zero-order valence-corrected chi connectivity index (χ0v) is 19.6. The molecule has 4 aromatic carbocycles. The van der Waals surface area contributed by atoms with Crippen LogP contribution in [0.3, 0.4) is 0 Å². The molecule has 0 unspecified atom stereocenters. The van der Waals surface area contributed by atoms with E-state index in [4.69, 9.17) is 0 Å². The van der Waals surface area contributed by atoms with E-state index >= 15 is 0 Å². The van der Waals surface area contributed by atoms with Crippen molar-refractivity contribution >= 4 is 43.4 Å². The Morgan fingerprint density at radius 3 is 1.39 bits per heavy atom. The molecule has 0 aliphatic carbocycles. The predicted octanol–water partition coefficient (Wildman–Crippen LogP) is 4.92. The summed E-state index contributed by atoms with van der Waals surface area (Å²) >= 11 is 0. The van der Waals surface area contributed by atoms with Crippen LogP contribution in [0.1, 0.15) is 0 Å². The van der Waals surface area contributed by atoms with Crippen molar-refractivity contribution in [1.29, 1.82) is 0 Å². The second kappa shape index (κ2) is 8.67. The van der Waals surface area contributed by atoms with Crippen LogP contribution in [0.5, 0.6) is 11.5 Å². The molecule has 0 saturated heterocycles. The Labute approximate surface area is 191 Å². The molecule has 5 heteroatoms.